The fraction of sp³-hybridized carbons (Fsp3) is 0.364. The van der Waals surface area contributed by atoms with Crippen molar-refractivity contribution < 1.29 is 9.53 Å². The molecule has 1 amide bonds. The lowest BCUT2D eigenvalue weighted by atomic mass is 10.3. The molecular weight excluding hydrogens is 416 g/mol. The molecule has 1 aliphatic rings. The lowest BCUT2D eigenvalue weighted by Crippen LogP contribution is -2.44. The van der Waals surface area contributed by atoms with Gasteiger partial charge in [0.15, 0.2) is 5.13 Å². The zero-order chi connectivity index (χ0) is 20.9. The average molecular weight is 443 g/mol. The molecule has 2 aromatic carbocycles. The van der Waals surface area contributed by atoms with E-state index in [1.54, 1.807) is 30.2 Å². The normalized spacial score (nSPS) is 14.8. The van der Waals surface area contributed by atoms with E-state index >= 15 is 0 Å². The van der Waals surface area contributed by atoms with Crippen LogP contribution in [-0.4, -0.2) is 61.9 Å². The fourth-order valence-corrected chi connectivity index (χ4v) is 5.19. The molecule has 0 saturated carbocycles. The van der Waals surface area contributed by atoms with Gasteiger partial charge in [-0.05, 0) is 49.5 Å². The molecule has 8 heteroatoms. The smallest absolute Gasteiger partial charge is 0.225 e. The molecule has 1 aromatic heterocycles. The first-order valence-corrected chi connectivity index (χ1v) is 11.8. The highest BCUT2D eigenvalue weighted by Gasteiger charge is 2.17. The molecule has 0 atom stereocenters. The number of likely N-dealkylation sites (N-methyl/N-ethyl adjacent to an activating group) is 1. The number of piperazine rings is 1. The average Bonchev–Trinajstić information content (AvgIpc) is 3.18. The Morgan fingerprint density at radius 3 is 2.67 bits per heavy atom. The van der Waals surface area contributed by atoms with Crippen LogP contribution < -0.4 is 15.0 Å². The monoisotopic (exact) mass is 442 g/mol. The number of aromatic nitrogens is 1. The van der Waals surface area contributed by atoms with Crippen LogP contribution >= 0.6 is 23.1 Å². The molecule has 0 bridgehead atoms. The van der Waals surface area contributed by atoms with Gasteiger partial charge in [-0.2, -0.15) is 0 Å². The lowest BCUT2D eigenvalue weighted by Gasteiger charge is -2.31. The third-order valence-corrected chi connectivity index (χ3v) is 7.18. The molecule has 0 aliphatic carbocycles. The van der Waals surface area contributed by atoms with Gasteiger partial charge in [0.05, 0.1) is 17.3 Å². The Morgan fingerprint density at radius 2 is 1.93 bits per heavy atom. The topological polar surface area (TPSA) is 57.7 Å². The standard InChI is InChI=1S/C22H26N4O2S2/c1-25-10-12-26(13-11-25)22-24-19-8-3-16(15-20(19)30-22)23-21(27)9-14-29-18-6-4-17(28-2)5-7-18/h3-8,15H,9-14H2,1-2H3,(H,23,27). The summed E-state index contributed by atoms with van der Waals surface area (Å²) in [7, 11) is 3.81. The Hall–Kier alpha value is -2.29. The van der Waals surface area contributed by atoms with Crippen molar-refractivity contribution in [3.05, 3.63) is 42.5 Å². The molecule has 30 heavy (non-hydrogen) atoms. The van der Waals surface area contributed by atoms with Gasteiger partial charge < -0.3 is 19.9 Å². The van der Waals surface area contributed by atoms with Crippen molar-refractivity contribution >= 4 is 50.0 Å². The highest BCUT2D eigenvalue weighted by atomic mass is 32.2. The van der Waals surface area contributed by atoms with E-state index in [-0.39, 0.29) is 5.91 Å². The number of fused-ring (bicyclic) bond motifs is 1. The molecule has 0 unspecified atom stereocenters. The van der Waals surface area contributed by atoms with Gasteiger partial charge >= 0.3 is 0 Å². The van der Waals surface area contributed by atoms with E-state index in [2.05, 4.69) is 22.2 Å². The second-order valence-electron chi connectivity index (χ2n) is 7.29. The minimum Gasteiger partial charge on any atom is -0.497 e. The zero-order valence-corrected chi connectivity index (χ0v) is 18.9. The van der Waals surface area contributed by atoms with Crippen LogP contribution in [-0.2, 0) is 4.79 Å². The van der Waals surface area contributed by atoms with Gasteiger partial charge in [0.25, 0.3) is 0 Å². The van der Waals surface area contributed by atoms with Crippen molar-refractivity contribution in [3.8, 4) is 5.75 Å². The van der Waals surface area contributed by atoms with E-state index in [1.165, 1.54) is 0 Å². The van der Waals surface area contributed by atoms with Crippen LogP contribution in [0.4, 0.5) is 10.8 Å². The SMILES string of the molecule is COc1ccc(SCCC(=O)Nc2ccc3nc(N4CCN(C)CC4)sc3c2)cc1. The van der Waals surface area contributed by atoms with Crippen molar-refractivity contribution in [2.24, 2.45) is 0 Å². The van der Waals surface area contributed by atoms with Crippen LogP contribution in [0.5, 0.6) is 5.75 Å². The van der Waals surface area contributed by atoms with Gasteiger partial charge in [-0.1, -0.05) is 11.3 Å². The third-order valence-electron chi connectivity index (χ3n) is 5.09. The van der Waals surface area contributed by atoms with Crippen molar-refractivity contribution in [3.63, 3.8) is 0 Å². The molecule has 2 heterocycles. The van der Waals surface area contributed by atoms with E-state index in [9.17, 15) is 4.79 Å². The Bertz CT molecular complexity index is 998. The number of carbonyl (C=O) groups excluding carboxylic acids is 1. The Kier molecular flexibility index (Phi) is 6.76. The van der Waals surface area contributed by atoms with Crippen molar-refractivity contribution in [2.45, 2.75) is 11.3 Å². The van der Waals surface area contributed by atoms with Gasteiger partial charge in [-0.15, -0.1) is 11.8 Å². The number of carbonyl (C=O) groups is 1. The highest BCUT2D eigenvalue weighted by molar-refractivity contribution is 7.99. The van der Waals surface area contributed by atoms with Crippen LogP contribution in [0.3, 0.4) is 0 Å². The molecule has 0 spiro atoms. The quantitative estimate of drug-likeness (QED) is 0.554. The van der Waals surface area contributed by atoms with Crippen LogP contribution in [0.25, 0.3) is 10.2 Å². The summed E-state index contributed by atoms with van der Waals surface area (Å²) in [4.78, 5) is 22.9. The van der Waals surface area contributed by atoms with Gasteiger partial charge in [0.1, 0.15) is 5.75 Å². The lowest BCUT2D eigenvalue weighted by molar-refractivity contribution is -0.115. The summed E-state index contributed by atoms with van der Waals surface area (Å²) >= 11 is 3.36. The Labute approximate surface area is 185 Å². The molecule has 158 valence electrons. The second kappa shape index (κ2) is 9.68. The van der Waals surface area contributed by atoms with E-state index in [0.717, 1.165) is 63.6 Å². The zero-order valence-electron chi connectivity index (χ0n) is 17.3. The summed E-state index contributed by atoms with van der Waals surface area (Å²) < 4.78 is 6.27. The van der Waals surface area contributed by atoms with Crippen molar-refractivity contribution in [2.75, 3.05) is 56.3 Å². The number of benzene rings is 2. The van der Waals surface area contributed by atoms with Crippen molar-refractivity contribution in [1.82, 2.24) is 9.88 Å². The highest BCUT2D eigenvalue weighted by Crippen LogP contribution is 2.31. The largest absolute Gasteiger partial charge is 0.497 e. The number of nitrogens with zero attached hydrogens (tertiary/aromatic N) is 3. The number of hydrogen-bond donors (Lipinski definition) is 1. The molecule has 4 rings (SSSR count). The molecule has 0 radical (unpaired) electrons. The number of thioether (sulfide) groups is 1. The number of ether oxygens (including phenoxy) is 1. The van der Waals surface area contributed by atoms with Crippen LogP contribution in [0.1, 0.15) is 6.42 Å². The molecule has 1 aliphatic heterocycles. The summed E-state index contributed by atoms with van der Waals surface area (Å²) in [5, 5.41) is 4.09. The number of methoxy groups -OCH3 is 1. The first-order valence-electron chi connectivity index (χ1n) is 10.0. The fourth-order valence-electron chi connectivity index (χ4n) is 3.28. The maximum Gasteiger partial charge on any atom is 0.225 e. The summed E-state index contributed by atoms with van der Waals surface area (Å²) in [6, 6.07) is 13.8. The number of hydrogen-bond acceptors (Lipinski definition) is 7. The predicted octanol–water partition coefficient (Wildman–Crippen LogP) is 4.18. The second-order valence-corrected chi connectivity index (χ2v) is 9.47. The Morgan fingerprint density at radius 1 is 1.17 bits per heavy atom. The van der Waals surface area contributed by atoms with Gasteiger partial charge in [0, 0.05) is 48.9 Å². The summed E-state index contributed by atoms with van der Waals surface area (Å²) in [5.74, 6) is 1.60. The minimum absolute atomic E-state index is 0.0270. The summed E-state index contributed by atoms with van der Waals surface area (Å²) in [6.45, 7) is 4.13. The maximum absolute atomic E-state index is 12.4. The van der Waals surface area contributed by atoms with Crippen molar-refractivity contribution in [1.29, 1.82) is 0 Å². The number of anilines is 2. The number of nitrogens with one attached hydrogen (secondary N) is 1. The predicted molar refractivity (Wildman–Crippen MR) is 126 cm³/mol. The van der Waals surface area contributed by atoms with Gasteiger partial charge in [0.2, 0.25) is 5.91 Å². The number of amides is 1. The maximum atomic E-state index is 12.4. The first-order chi connectivity index (χ1) is 14.6. The van der Waals surface area contributed by atoms with E-state index in [4.69, 9.17) is 9.72 Å². The van der Waals surface area contributed by atoms with E-state index in [1.807, 2.05) is 42.5 Å². The number of thiazole rings is 1. The van der Waals surface area contributed by atoms with E-state index in [0.29, 0.717) is 6.42 Å². The van der Waals surface area contributed by atoms with Crippen LogP contribution in [0.2, 0.25) is 0 Å². The van der Waals surface area contributed by atoms with Gasteiger partial charge in [-0.3, -0.25) is 4.79 Å². The third kappa shape index (κ3) is 5.24. The summed E-state index contributed by atoms with van der Waals surface area (Å²) in [5.41, 5.74) is 1.82. The molecule has 1 saturated heterocycles. The van der Waals surface area contributed by atoms with Gasteiger partial charge in [-0.25, -0.2) is 4.98 Å². The number of rotatable bonds is 7. The molecule has 1 fully saturated rings. The minimum atomic E-state index is 0.0270. The van der Waals surface area contributed by atoms with Crippen LogP contribution in [0, 0.1) is 0 Å². The summed E-state index contributed by atoms with van der Waals surface area (Å²) in [6.07, 6.45) is 0.462. The Balaban J connectivity index is 1.31. The molecule has 6 nitrogen and oxygen atoms in total. The molecular formula is C22H26N4O2S2. The molecule has 1 N–H and O–H groups in total. The molecule has 3 aromatic rings. The van der Waals surface area contributed by atoms with Crippen LogP contribution in [0.15, 0.2) is 47.4 Å². The first kappa shape index (κ1) is 21.0. The van der Waals surface area contributed by atoms with E-state index < -0.39 is 0 Å².